The average Bonchev–Trinajstić information content (AvgIpc) is 2.64. The maximum Gasteiger partial charge on any atom is 0.245 e. The normalized spacial score (nSPS) is 12.8. The van der Waals surface area contributed by atoms with Crippen molar-refractivity contribution < 1.29 is 19.6 Å². The molecule has 0 aliphatic rings. The molecule has 3 N–H and O–H groups in total. The number of hydroxylamine groups is 1. The molecule has 1 unspecified atom stereocenters. The van der Waals surface area contributed by atoms with Crippen LogP contribution in [0.3, 0.4) is 0 Å². The minimum absolute atomic E-state index is 0.0783. The predicted molar refractivity (Wildman–Crippen MR) is 111 cm³/mol. The standard InChI is InChI=1S/C21H28ClN3O4/c1-21(2,3)18(20(28)25(4)5)23-19(27)15(13-17(26)24-29)8-6-7-14-9-11-16(22)12-10-14/h9-12,15,18,29H,8,13H2,1-5H3,(H,23,27)(H,24,26)/t15?,18-/m1/s1. The van der Waals surface area contributed by atoms with Crippen molar-refractivity contribution in [3.05, 3.63) is 34.9 Å². The summed E-state index contributed by atoms with van der Waals surface area (Å²) in [7, 11) is 3.23. The van der Waals surface area contributed by atoms with Gasteiger partial charge in [-0.05, 0) is 29.7 Å². The lowest BCUT2D eigenvalue weighted by Crippen LogP contribution is -2.54. The Kier molecular flexibility index (Phi) is 9.15. The summed E-state index contributed by atoms with van der Waals surface area (Å²) < 4.78 is 0. The van der Waals surface area contributed by atoms with Crippen molar-refractivity contribution in [3.63, 3.8) is 0 Å². The van der Waals surface area contributed by atoms with Crippen molar-refractivity contribution in [2.24, 2.45) is 11.3 Å². The van der Waals surface area contributed by atoms with Gasteiger partial charge >= 0.3 is 0 Å². The van der Waals surface area contributed by atoms with Crippen LogP contribution in [-0.4, -0.2) is 48.0 Å². The van der Waals surface area contributed by atoms with Gasteiger partial charge in [-0.25, -0.2) is 5.48 Å². The molecule has 0 heterocycles. The van der Waals surface area contributed by atoms with E-state index in [1.165, 1.54) is 10.4 Å². The lowest BCUT2D eigenvalue weighted by molar-refractivity contribution is -0.139. The number of amides is 3. The van der Waals surface area contributed by atoms with Crippen molar-refractivity contribution in [1.29, 1.82) is 0 Å². The molecule has 158 valence electrons. The highest BCUT2D eigenvalue weighted by Crippen LogP contribution is 2.22. The van der Waals surface area contributed by atoms with E-state index in [9.17, 15) is 14.4 Å². The minimum Gasteiger partial charge on any atom is -0.347 e. The molecule has 0 bridgehead atoms. The summed E-state index contributed by atoms with van der Waals surface area (Å²) in [5.74, 6) is 3.54. The number of nitrogens with zero attached hydrogens (tertiary/aromatic N) is 1. The molecule has 0 aromatic heterocycles. The van der Waals surface area contributed by atoms with E-state index in [1.807, 2.05) is 20.8 Å². The lowest BCUT2D eigenvalue weighted by atomic mass is 9.85. The number of halogens is 1. The topological polar surface area (TPSA) is 98.7 Å². The zero-order chi connectivity index (χ0) is 22.2. The number of rotatable bonds is 6. The largest absolute Gasteiger partial charge is 0.347 e. The summed E-state index contributed by atoms with van der Waals surface area (Å²) in [5.41, 5.74) is 1.72. The molecule has 7 nitrogen and oxygen atoms in total. The monoisotopic (exact) mass is 421 g/mol. The third kappa shape index (κ3) is 8.14. The van der Waals surface area contributed by atoms with Gasteiger partial charge in [0, 0.05) is 37.5 Å². The van der Waals surface area contributed by atoms with Crippen LogP contribution in [0.25, 0.3) is 0 Å². The molecule has 8 heteroatoms. The summed E-state index contributed by atoms with van der Waals surface area (Å²) >= 11 is 5.84. The molecular weight excluding hydrogens is 394 g/mol. The Morgan fingerprint density at radius 2 is 1.76 bits per heavy atom. The van der Waals surface area contributed by atoms with Crippen molar-refractivity contribution in [3.8, 4) is 11.8 Å². The van der Waals surface area contributed by atoms with E-state index in [0.29, 0.717) is 5.02 Å². The third-order valence-corrected chi connectivity index (χ3v) is 4.45. The molecule has 0 spiro atoms. The summed E-state index contributed by atoms with van der Waals surface area (Å²) in [6, 6.07) is 6.13. The van der Waals surface area contributed by atoms with E-state index in [4.69, 9.17) is 16.8 Å². The first-order valence-electron chi connectivity index (χ1n) is 9.14. The van der Waals surface area contributed by atoms with Crippen LogP contribution in [0.2, 0.25) is 5.02 Å². The molecule has 0 saturated carbocycles. The second-order valence-electron chi connectivity index (χ2n) is 7.99. The van der Waals surface area contributed by atoms with Gasteiger partial charge in [0.25, 0.3) is 0 Å². The van der Waals surface area contributed by atoms with Crippen LogP contribution < -0.4 is 10.8 Å². The van der Waals surface area contributed by atoms with E-state index in [1.54, 1.807) is 38.4 Å². The summed E-state index contributed by atoms with van der Waals surface area (Å²) in [5, 5.41) is 12.2. The number of benzene rings is 1. The zero-order valence-corrected chi connectivity index (χ0v) is 18.1. The fourth-order valence-electron chi connectivity index (χ4n) is 2.50. The van der Waals surface area contributed by atoms with E-state index in [-0.39, 0.29) is 18.7 Å². The first kappa shape index (κ1) is 24.5. The maximum absolute atomic E-state index is 12.8. The quantitative estimate of drug-likeness (QED) is 0.372. The smallest absolute Gasteiger partial charge is 0.245 e. The van der Waals surface area contributed by atoms with Crippen molar-refractivity contribution in [1.82, 2.24) is 15.7 Å². The molecule has 0 aliphatic heterocycles. The fraction of sp³-hybridized carbons (Fsp3) is 0.476. The van der Waals surface area contributed by atoms with E-state index >= 15 is 0 Å². The van der Waals surface area contributed by atoms with Crippen LogP contribution in [0.5, 0.6) is 0 Å². The summed E-state index contributed by atoms with van der Waals surface area (Å²) in [4.78, 5) is 38.4. The van der Waals surface area contributed by atoms with Gasteiger partial charge < -0.3 is 10.2 Å². The van der Waals surface area contributed by atoms with Gasteiger partial charge in [-0.15, -0.1) is 0 Å². The van der Waals surface area contributed by atoms with Gasteiger partial charge in [0.2, 0.25) is 17.7 Å². The Balaban J connectivity index is 3.00. The highest BCUT2D eigenvalue weighted by atomic mass is 35.5. The number of nitrogens with one attached hydrogen (secondary N) is 2. The molecule has 1 aromatic rings. The molecule has 1 aromatic carbocycles. The molecule has 0 fully saturated rings. The highest BCUT2D eigenvalue weighted by Gasteiger charge is 2.35. The van der Waals surface area contributed by atoms with Gasteiger partial charge in [-0.1, -0.05) is 44.2 Å². The van der Waals surface area contributed by atoms with Crippen LogP contribution in [0.4, 0.5) is 0 Å². The van der Waals surface area contributed by atoms with Crippen molar-refractivity contribution >= 4 is 29.3 Å². The van der Waals surface area contributed by atoms with Crippen LogP contribution >= 0.6 is 11.6 Å². The zero-order valence-electron chi connectivity index (χ0n) is 17.4. The van der Waals surface area contributed by atoms with Gasteiger partial charge in [0.1, 0.15) is 6.04 Å². The summed E-state index contributed by atoms with van der Waals surface area (Å²) in [6.45, 7) is 5.53. The first-order valence-corrected chi connectivity index (χ1v) is 9.52. The molecule has 0 aliphatic carbocycles. The molecular formula is C21H28ClN3O4. The third-order valence-electron chi connectivity index (χ3n) is 4.19. The molecule has 0 saturated heterocycles. The molecule has 0 radical (unpaired) electrons. The van der Waals surface area contributed by atoms with E-state index < -0.39 is 29.2 Å². The fourth-order valence-corrected chi connectivity index (χ4v) is 2.63. The SMILES string of the molecule is CN(C)C(=O)[C@@H](NC(=O)C(CC#Cc1ccc(Cl)cc1)CC(=O)NO)C(C)(C)C. The first-order chi connectivity index (χ1) is 13.5. The molecule has 3 amide bonds. The second kappa shape index (κ2) is 10.8. The van der Waals surface area contributed by atoms with Gasteiger partial charge in [0.05, 0.1) is 5.92 Å². The van der Waals surface area contributed by atoms with Gasteiger partial charge in [-0.3, -0.25) is 19.6 Å². The Hall–Kier alpha value is -2.56. The Labute approximate surface area is 176 Å². The summed E-state index contributed by atoms with van der Waals surface area (Å²) in [6.07, 6.45) is -0.181. The number of hydrogen-bond acceptors (Lipinski definition) is 4. The Bertz CT molecular complexity index is 789. The van der Waals surface area contributed by atoms with Crippen LogP contribution in [0.1, 0.15) is 39.2 Å². The van der Waals surface area contributed by atoms with Gasteiger partial charge in [-0.2, -0.15) is 0 Å². The van der Waals surface area contributed by atoms with E-state index in [2.05, 4.69) is 17.2 Å². The lowest BCUT2D eigenvalue weighted by Gasteiger charge is -2.33. The number of likely N-dealkylation sites (N-methyl/N-ethyl adjacent to an activating group) is 1. The van der Waals surface area contributed by atoms with E-state index in [0.717, 1.165) is 5.56 Å². The number of carbonyl (C=O) groups is 3. The Morgan fingerprint density at radius 3 is 2.24 bits per heavy atom. The van der Waals surface area contributed by atoms with Crippen LogP contribution in [0, 0.1) is 23.2 Å². The minimum atomic E-state index is -0.832. The predicted octanol–water partition coefficient (Wildman–Crippen LogP) is 2.21. The average molecular weight is 422 g/mol. The van der Waals surface area contributed by atoms with Crippen LogP contribution in [0.15, 0.2) is 24.3 Å². The van der Waals surface area contributed by atoms with Crippen LogP contribution in [-0.2, 0) is 14.4 Å². The second-order valence-corrected chi connectivity index (χ2v) is 8.43. The molecule has 2 atom stereocenters. The molecule has 1 rings (SSSR count). The van der Waals surface area contributed by atoms with Crippen molar-refractivity contribution in [2.75, 3.05) is 14.1 Å². The highest BCUT2D eigenvalue weighted by molar-refractivity contribution is 6.30. The Morgan fingerprint density at radius 1 is 1.17 bits per heavy atom. The van der Waals surface area contributed by atoms with Gasteiger partial charge in [0.15, 0.2) is 0 Å². The maximum atomic E-state index is 12.8. The molecule has 29 heavy (non-hydrogen) atoms. The number of hydrogen-bond donors (Lipinski definition) is 3. The number of carbonyl (C=O) groups excluding carboxylic acids is 3. The van der Waals surface area contributed by atoms with Crippen molar-refractivity contribution in [2.45, 2.75) is 39.7 Å².